The number of amides is 1. The number of aryl methyl sites for hydroxylation is 1. The number of carbonyl (C=O) groups is 1. The third-order valence-corrected chi connectivity index (χ3v) is 6.41. The molecule has 4 rings (SSSR count). The van der Waals surface area contributed by atoms with Gasteiger partial charge in [0.25, 0.3) is 5.91 Å². The highest BCUT2D eigenvalue weighted by Crippen LogP contribution is 2.39. The van der Waals surface area contributed by atoms with Crippen molar-refractivity contribution in [3.8, 4) is 5.75 Å². The molecule has 3 aromatic rings. The van der Waals surface area contributed by atoms with Crippen LogP contribution in [0.2, 0.25) is 0 Å². The number of anilines is 1. The second kappa shape index (κ2) is 9.47. The number of ether oxygens (including phenoxy) is 1. The van der Waals surface area contributed by atoms with E-state index in [1.807, 2.05) is 47.4 Å². The van der Waals surface area contributed by atoms with Gasteiger partial charge in [-0.2, -0.15) is 0 Å². The summed E-state index contributed by atoms with van der Waals surface area (Å²) in [7, 11) is 0. The number of benzene rings is 3. The molecule has 1 heterocycles. The number of hydrogen-bond donors (Lipinski definition) is 1. The number of carbonyl (C=O) groups excluding carboxylic acids is 1. The zero-order valence-electron chi connectivity index (χ0n) is 19.2. The molecule has 32 heavy (non-hydrogen) atoms. The second-order valence-corrected chi connectivity index (χ2v) is 8.64. The summed E-state index contributed by atoms with van der Waals surface area (Å²) in [5, 5.41) is 3.64. The van der Waals surface area contributed by atoms with Crippen LogP contribution >= 0.6 is 0 Å². The van der Waals surface area contributed by atoms with Gasteiger partial charge in [-0.1, -0.05) is 61.5 Å². The molecule has 1 N–H and O–H groups in total. The van der Waals surface area contributed by atoms with Gasteiger partial charge in [-0.05, 0) is 68.5 Å². The molecule has 4 nitrogen and oxygen atoms in total. The summed E-state index contributed by atoms with van der Waals surface area (Å²) in [4.78, 5) is 15.4. The summed E-state index contributed by atoms with van der Waals surface area (Å²) >= 11 is 0. The molecule has 0 saturated heterocycles. The molecule has 0 fully saturated rings. The lowest BCUT2D eigenvalue weighted by molar-refractivity contribution is 0.0399. The average molecular weight is 429 g/mol. The van der Waals surface area contributed by atoms with Crippen LogP contribution in [0.25, 0.3) is 0 Å². The highest BCUT2D eigenvalue weighted by atomic mass is 16.5. The van der Waals surface area contributed by atoms with E-state index in [4.69, 9.17) is 4.74 Å². The quantitative estimate of drug-likeness (QED) is 0.432. The number of para-hydroxylation sites is 1. The Morgan fingerprint density at radius 3 is 2.38 bits per heavy atom. The number of rotatable bonds is 8. The zero-order valence-corrected chi connectivity index (χ0v) is 19.2. The Balaban J connectivity index is 1.49. The Hall–Kier alpha value is -3.27. The lowest BCUT2D eigenvalue weighted by Gasteiger charge is -2.49. The highest BCUT2D eigenvalue weighted by Gasteiger charge is 2.44. The minimum Gasteiger partial charge on any atom is -0.494 e. The van der Waals surface area contributed by atoms with Gasteiger partial charge in [0.05, 0.1) is 12.2 Å². The fraction of sp³-hybridized carbons (Fsp3) is 0.321. The lowest BCUT2D eigenvalue weighted by atomic mass is 9.91. The van der Waals surface area contributed by atoms with Gasteiger partial charge in [0, 0.05) is 11.7 Å². The molecule has 166 valence electrons. The monoisotopic (exact) mass is 428 g/mol. The molecule has 2 unspecified atom stereocenters. The summed E-state index contributed by atoms with van der Waals surface area (Å²) in [6, 6.07) is 26.5. The van der Waals surface area contributed by atoms with Gasteiger partial charge in [-0.3, -0.25) is 4.79 Å². The summed E-state index contributed by atoms with van der Waals surface area (Å²) < 4.78 is 5.97. The summed E-state index contributed by atoms with van der Waals surface area (Å²) in [5.74, 6) is 0.917. The molecule has 3 aromatic carbocycles. The molecule has 4 heteroatoms. The van der Waals surface area contributed by atoms with Crippen molar-refractivity contribution in [1.29, 1.82) is 0 Å². The first-order valence-corrected chi connectivity index (χ1v) is 11.5. The molecule has 1 aliphatic rings. The molecule has 1 aliphatic heterocycles. The fourth-order valence-corrected chi connectivity index (χ4v) is 4.46. The third-order valence-electron chi connectivity index (χ3n) is 6.41. The van der Waals surface area contributed by atoms with Crippen molar-refractivity contribution < 1.29 is 9.53 Å². The molecule has 1 amide bonds. The van der Waals surface area contributed by atoms with E-state index in [0.717, 1.165) is 41.8 Å². The standard InChI is InChI=1S/C28H32N2O2/c1-4-21(2)30-27(31)25-14-8-9-15-26(25)29-28(30,3)23-16-18-24(19-17-23)32-20-10-13-22-11-6-5-7-12-22/h5-9,11-12,14-19,21,29H,4,10,13,20H2,1-3H3. The van der Waals surface area contributed by atoms with E-state index in [1.54, 1.807) is 0 Å². The van der Waals surface area contributed by atoms with E-state index >= 15 is 0 Å². The van der Waals surface area contributed by atoms with Crippen LogP contribution in [0, 0.1) is 0 Å². The van der Waals surface area contributed by atoms with Crippen LogP contribution in [0.1, 0.15) is 55.1 Å². The summed E-state index contributed by atoms with van der Waals surface area (Å²) in [6.07, 6.45) is 2.86. The molecule has 0 radical (unpaired) electrons. The van der Waals surface area contributed by atoms with Gasteiger partial charge in [0.1, 0.15) is 11.4 Å². The fourth-order valence-electron chi connectivity index (χ4n) is 4.46. The van der Waals surface area contributed by atoms with Crippen LogP contribution in [0.3, 0.4) is 0 Å². The van der Waals surface area contributed by atoms with Crippen LogP contribution < -0.4 is 10.1 Å². The molecular formula is C28H32N2O2. The van der Waals surface area contributed by atoms with Crippen LogP contribution in [0.5, 0.6) is 5.75 Å². The van der Waals surface area contributed by atoms with Crippen molar-refractivity contribution in [1.82, 2.24) is 4.90 Å². The van der Waals surface area contributed by atoms with Crippen LogP contribution in [0.15, 0.2) is 78.9 Å². The smallest absolute Gasteiger partial charge is 0.258 e. The van der Waals surface area contributed by atoms with Crippen LogP contribution in [0.4, 0.5) is 5.69 Å². The van der Waals surface area contributed by atoms with Gasteiger partial charge < -0.3 is 15.0 Å². The lowest BCUT2D eigenvalue weighted by Crippen LogP contribution is -2.58. The van der Waals surface area contributed by atoms with Crippen molar-refractivity contribution >= 4 is 11.6 Å². The third kappa shape index (κ3) is 4.36. The second-order valence-electron chi connectivity index (χ2n) is 8.64. The van der Waals surface area contributed by atoms with E-state index in [2.05, 4.69) is 62.5 Å². The average Bonchev–Trinajstić information content (AvgIpc) is 2.82. The molecule has 2 atom stereocenters. The number of hydrogen-bond acceptors (Lipinski definition) is 3. The van der Waals surface area contributed by atoms with Gasteiger partial charge >= 0.3 is 0 Å². The van der Waals surface area contributed by atoms with Gasteiger partial charge in [-0.25, -0.2) is 0 Å². The van der Waals surface area contributed by atoms with Crippen LogP contribution in [-0.2, 0) is 12.1 Å². The first-order chi connectivity index (χ1) is 15.5. The minimum atomic E-state index is -0.632. The van der Waals surface area contributed by atoms with E-state index in [1.165, 1.54) is 5.56 Å². The summed E-state index contributed by atoms with van der Waals surface area (Å²) in [6.45, 7) is 6.98. The van der Waals surface area contributed by atoms with Gasteiger partial charge in [0.15, 0.2) is 0 Å². The Labute approximate surface area is 191 Å². The van der Waals surface area contributed by atoms with Crippen LogP contribution in [-0.4, -0.2) is 23.5 Å². The predicted molar refractivity (Wildman–Crippen MR) is 130 cm³/mol. The van der Waals surface area contributed by atoms with Crippen molar-refractivity contribution in [2.75, 3.05) is 11.9 Å². The molecule has 0 spiro atoms. The van der Waals surface area contributed by atoms with E-state index in [9.17, 15) is 4.79 Å². The molecule has 0 aromatic heterocycles. The van der Waals surface area contributed by atoms with E-state index in [0.29, 0.717) is 6.61 Å². The Kier molecular flexibility index (Phi) is 6.50. The number of fused-ring (bicyclic) bond motifs is 1. The van der Waals surface area contributed by atoms with E-state index < -0.39 is 5.66 Å². The Bertz CT molecular complexity index is 1050. The van der Waals surface area contributed by atoms with Gasteiger partial charge in [-0.15, -0.1) is 0 Å². The maximum Gasteiger partial charge on any atom is 0.258 e. The molecule has 0 bridgehead atoms. The Morgan fingerprint density at radius 1 is 0.969 bits per heavy atom. The SMILES string of the molecule is CCC(C)N1C(=O)c2ccccc2NC1(C)c1ccc(OCCCc2ccccc2)cc1. The van der Waals surface area contributed by atoms with Crippen molar-refractivity contribution in [2.24, 2.45) is 0 Å². The molecule has 0 aliphatic carbocycles. The minimum absolute atomic E-state index is 0.0671. The molecular weight excluding hydrogens is 396 g/mol. The zero-order chi connectivity index (χ0) is 22.6. The maximum absolute atomic E-state index is 13.4. The van der Waals surface area contributed by atoms with Crippen molar-refractivity contribution in [2.45, 2.75) is 51.7 Å². The van der Waals surface area contributed by atoms with Crippen molar-refractivity contribution in [3.63, 3.8) is 0 Å². The normalized spacial score (nSPS) is 18.6. The first-order valence-electron chi connectivity index (χ1n) is 11.5. The molecule has 0 saturated carbocycles. The largest absolute Gasteiger partial charge is 0.494 e. The van der Waals surface area contributed by atoms with E-state index in [-0.39, 0.29) is 11.9 Å². The number of nitrogens with one attached hydrogen (secondary N) is 1. The predicted octanol–water partition coefficient (Wildman–Crippen LogP) is 6.24. The summed E-state index contributed by atoms with van der Waals surface area (Å²) in [5.41, 5.74) is 3.34. The van der Waals surface area contributed by atoms with Gasteiger partial charge in [0.2, 0.25) is 0 Å². The maximum atomic E-state index is 13.4. The van der Waals surface area contributed by atoms with Crippen molar-refractivity contribution in [3.05, 3.63) is 95.6 Å². The topological polar surface area (TPSA) is 41.6 Å². The highest BCUT2D eigenvalue weighted by molar-refractivity contribution is 6.02. The first kappa shape index (κ1) is 21.9. The number of nitrogens with zero attached hydrogens (tertiary/aromatic N) is 1. The Morgan fingerprint density at radius 2 is 1.66 bits per heavy atom.